The van der Waals surface area contributed by atoms with Crippen LogP contribution in [0.15, 0.2) is 33.2 Å². The van der Waals surface area contributed by atoms with Crippen LogP contribution in [-0.2, 0) is 36.7 Å². The van der Waals surface area contributed by atoms with Crippen LogP contribution >= 0.6 is 54.5 Å². The van der Waals surface area contributed by atoms with Crippen molar-refractivity contribution in [1.29, 1.82) is 0 Å². The minimum Gasteiger partial charge on any atom is -0.504 e. The lowest BCUT2D eigenvalue weighted by atomic mass is 10.0. The average molecular weight is 841 g/mol. The molecule has 43 heavy (non-hydrogen) atoms. The molecule has 2 aliphatic rings. The van der Waals surface area contributed by atoms with E-state index >= 15 is 0 Å². The minimum atomic E-state index is -1.50. The molecule has 15 heteroatoms. The van der Waals surface area contributed by atoms with E-state index in [1.165, 1.54) is 20.1 Å². The number of benzene rings is 2. The highest BCUT2D eigenvalue weighted by Crippen LogP contribution is 2.42. The molecule has 2 aliphatic heterocycles. The molecule has 0 aliphatic carbocycles. The first-order valence-electron chi connectivity index (χ1n) is 13.0. The Morgan fingerprint density at radius 1 is 1.07 bits per heavy atom. The van der Waals surface area contributed by atoms with Gasteiger partial charge in [0, 0.05) is 12.8 Å². The molecule has 4 bridgehead atoms. The lowest BCUT2D eigenvalue weighted by molar-refractivity contribution is -0.145. The van der Waals surface area contributed by atoms with Crippen molar-refractivity contribution in [2.24, 2.45) is 0 Å². The monoisotopic (exact) mass is 839 g/mol. The largest absolute Gasteiger partial charge is 0.504 e. The van der Waals surface area contributed by atoms with Crippen molar-refractivity contribution in [2.45, 2.75) is 70.4 Å². The Balaban J connectivity index is 2.17. The number of ether oxygens (including phenoxy) is 3. The number of nitrogens with one attached hydrogen (secondary N) is 3. The third-order valence-corrected chi connectivity index (χ3v) is 8.11. The summed E-state index contributed by atoms with van der Waals surface area (Å²) in [6.07, 6.45) is -2.40. The molecule has 234 valence electrons. The van der Waals surface area contributed by atoms with Crippen molar-refractivity contribution in [3.63, 3.8) is 0 Å². The maximum Gasteiger partial charge on any atom is 0.408 e. The molecule has 0 saturated carbocycles. The number of hydrogen-bond donors (Lipinski definition) is 5. The number of esters is 1. The van der Waals surface area contributed by atoms with Crippen molar-refractivity contribution >= 4 is 78.3 Å². The van der Waals surface area contributed by atoms with E-state index in [2.05, 4.69) is 47.8 Å². The molecule has 0 radical (unpaired) electrons. The van der Waals surface area contributed by atoms with Crippen LogP contribution < -0.4 is 20.7 Å². The van der Waals surface area contributed by atoms with Crippen LogP contribution in [0.5, 0.6) is 17.2 Å². The minimum absolute atomic E-state index is 0.0160. The van der Waals surface area contributed by atoms with E-state index in [-0.39, 0.29) is 24.3 Å². The molecule has 3 amide bonds. The van der Waals surface area contributed by atoms with Gasteiger partial charge in [-0.25, -0.2) is 9.59 Å². The number of alkyl carbamates (subject to hydrolysis) is 1. The van der Waals surface area contributed by atoms with Crippen LogP contribution in [0.4, 0.5) is 4.79 Å². The number of carbonyl (C=O) groups excluding carboxylic acids is 4. The number of amides is 3. The molecule has 2 aromatic rings. The highest BCUT2D eigenvalue weighted by atomic mass is 127. The molecule has 0 aromatic heterocycles. The molecule has 5 N–H and O–H groups in total. The summed E-state index contributed by atoms with van der Waals surface area (Å²) in [4.78, 5) is 52.3. The van der Waals surface area contributed by atoms with Crippen molar-refractivity contribution in [3.05, 3.63) is 47.9 Å². The van der Waals surface area contributed by atoms with Gasteiger partial charge in [-0.05, 0) is 118 Å². The number of methoxy groups -OCH3 is 1. The number of phenols is 1. The first kappa shape index (κ1) is 34.9. The third kappa shape index (κ3) is 9.43. The van der Waals surface area contributed by atoms with Crippen molar-refractivity contribution < 1.29 is 43.6 Å². The third-order valence-electron chi connectivity index (χ3n) is 6.11. The van der Waals surface area contributed by atoms with Crippen molar-refractivity contribution in [1.82, 2.24) is 16.0 Å². The fraction of sp³-hybridized carbons (Fsp3) is 0.429. The number of carbonyl (C=O) groups is 4. The maximum absolute atomic E-state index is 13.6. The number of fused-ring (bicyclic) bond motifs is 10. The lowest BCUT2D eigenvalue weighted by Crippen LogP contribution is -2.59. The fourth-order valence-corrected chi connectivity index (χ4v) is 6.26. The summed E-state index contributed by atoms with van der Waals surface area (Å²) in [5.41, 5.74) is 0.219. The number of rotatable bonds is 3. The van der Waals surface area contributed by atoms with Gasteiger partial charge in [0.05, 0.1) is 25.7 Å². The Bertz CT molecular complexity index is 1390. The second-order valence-corrected chi connectivity index (χ2v) is 13.7. The molecular formula is C28H32Br2IN3O9. The van der Waals surface area contributed by atoms with E-state index in [1.54, 1.807) is 39.0 Å². The van der Waals surface area contributed by atoms with Gasteiger partial charge in [0.1, 0.15) is 23.7 Å². The van der Waals surface area contributed by atoms with Gasteiger partial charge in [-0.2, -0.15) is 0 Å². The summed E-state index contributed by atoms with van der Waals surface area (Å²) in [5, 5.41) is 28.8. The molecular weight excluding hydrogens is 809 g/mol. The Kier molecular flexibility index (Phi) is 11.7. The van der Waals surface area contributed by atoms with Crippen molar-refractivity contribution in [2.75, 3.05) is 7.11 Å². The number of phenolic OH excluding ortho intramolecular Hbond substituents is 1. The van der Waals surface area contributed by atoms with Gasteiger partial charge in [0.15, 0.2) is 17.2 Å². The van der Waals surface area contributed by atoms with Crippen LogP contribution in [0.3, 0.4) is 0 Å². The normalized spacial score (nSPS) is 20.2. The predicted octanol–water partition coefficient (Wildman–Crippen LogP) is 3.83. The first-order chi connectivity index (χ1) is 20.0. The second-order valence-electron chi connectivity index (χ2n) is 10.8. The van der Waals surface area contributed by atoms with E-state index in [0.29, 0.717) is 29.4 Å². The molecule has 2 aromatic carbocycles. The Morgan fingerprint density at radius 3 is 2.23 bits per heavy atom. The molecule has 1 unspecified atom stereocenters. The zero-order chi connectivity index (χ0) is 32.2. The summed E-state index contributed by atoms with van der Waals surface area (Å²) in [6, 6.07) is 2.52. The molecule has 0 spiro atoms. The van der Waals surface area contributed by atoms with Gasteiger partial charge in [-0.3, -0.25) is 9.59 Å². The number of halogens is 3. The van der Waals surface area contributed by atoms with Crippen LogP contribution in [0.25, 0.3) is 0 Å². The average Bonchev–Trinajstić information content (AvgIpc) is 2.88. The Morgan fingerprint density at radius 2 is 1.67 bits per heavy atom. The molecule has 2 heterocycles. The van der Waals surface area contributed by atoms with E-state index in [4.69, 9.17) is 14.2 Å². The molecule has 4 rings (SSSR count). The fourth-order valence-electron chi connectivity index (χ4n) is 4.15. The number of aliphatic hydroxyl groups excluding tert-OH is 1. The van der Waals surface area contributed by atoms with E-state index in [0.717, 1.165) is 0 Å². The smallest absolute Gasteiger partial charge is 0.408 e. The Hall–Kier alpha value is -2.63. The summed E-state index contributed by atoms with van der Waals surface area (Å²) in [5.74, 6) is -2.18. The quantitative estimate of drug-likeness (QED) is 0.228. The number of hydrogen-bond acceptors (Lipinski definition) is 9. The summed E-state index contributed by atoms with van der Waals surface area (Å²) in [7, 11) is 1.17. The van der Waals surface area contributed by atoms with Crippen LogP contribution in [0.1, 0.15) is 38.8 Å². The number of aliphatic hydroxyl groups is 1. The van der Waals surface area contributed by atoms with E-state index in [1.807, 2.05) is 22.6 Å². The highest BCUT2D eigenvalue weighted by molar-refractivity contribution is 14.1. The van der Waals surface area contributed by atoms with Gasteiger partial charge in [-0.15, -0.1) is 0 Å². The summed E-state index contributed by atoms with van der Waals surface area (Å²) >= 11 is 8.86. The standard InChI is InChI=1S/C28H32Br2IN3O9/c1-12(35)21-25(38)32-19(26(39)41-5)10-13-6-15(29)23(16(30)7-13)42-20-11-14(8-17(31)22(20)36)9-18(24(37)34-21)33-27(40)43-28(2,3)4/h6-8,11-12,18-19,21,35-36H,9-10H2,1-5H3,(H,32,38)(H,33,40)(H,34,37)/t12-,18-,19?,21-/m0/s1. The maximum atomic E-state index is 13.6. The van der Waals surface area contributed by atoms with Crippen LogP contribution in [0.2, 0.25) is 0 Å². The van der Waals surface area contributed by atoms with Crippen LogP contribution in [0, 0.1) is 3.57 Å². The second kappa shape index (κ2) is 14.4. The molecule has 0 fully saturated rings. The van der Waals surface area contributed by atoms with Crippen LogP contribution in [-0.4, -0.2) is 71.0 Å². The van der Waals surface area contributed by atoms with Gasteiger partial charge in [-0.1, -0.05) is 0 Å². The SMILES string of the molecule is COC(=O)C1Cc2cc(Br)c(c(Br)c2)Oc2cc(cc(I)c2O)C[C@H](NC(=O)OC(C)(C)C)C(=O)N[C@@H]([C@H](C)O)C(=O)N1. The molecule has 0 saturated heterocycles. The zero-order valence-electron chi connectivity index (χ0n) is 23.9. The van der Waals surface area contributed by atoms with E-state index in [9.17, 15) is 29.4 Å². The molecule has 12 nitrogen and oxygen atoms in total. The van der Waals surface area contributed by atoms with E-state index < -0.39 is 53.7 Å². The van der Waals surface area contributed by atoms with Gasteiger partial charge in [0.25, 0.3) is 0 Å². The lowest BCUT2D eigenvalue weighted by Gasteiger charge is -2.27. The Labute approximate surface area is 279 Å². The van der Waals surface area contributed by atoms with Gasteiger partial charge < -0.3 is 40.4 Å². The topological polar surface area (TPSA) is 173 Å². The summed E-state index contributed by atoms with van der Waals surface area (Å²) in [6.45, 7) is 6.28. The van der Waals surface area contributed by atoms with Gasteiger partial charge >= 0.3 is 12.1 Å². The molecule has 4 atom stereocenters. The first-order valence-corrected chi connectivity index (χ1v) is 15.7. The zero-order valence-corrected chi connectivity index (χ0v) is 29.2. The van der Waals surface area contributed by atoms with Gasteiger partial charge in [0.2, 0.25) is 11.8 Å². The predicted molar refractivity (Wildman–Crippen MR) is 171 cm³/mol. The highest BCUT2D eigenvalue weighted by Gasteiger charge is 2.34. The number of aromatic hydroxyl groups is 1. The summed E-state index contributed by atoms with van der Waals surface area (Å²) < 4.78 is 17.7. The van der Waals surface area contributed by atoms with Crippen molar-refractivity contribution in [3.8, 4) is 17.2 Å².